The minimum atomic E-state index is -0.888. The highest BCUT2D eigenvalue weighted by Crippen LogP contribution is 2.25. The van der Waals surface area contributed by atoms with Gasteiger partial charge in [0.2, 0.25) is 0 Å². The van der Waals surface area contributed by atoms with Gasteiger partial charge in [0.15, 0.2) is 0 Å². The van der Waals surface area contributed by atoms with Crippen molar-refractivity contribution < 1.29 is 9.90 Å². The van der Waals surface area contributed by atoms with Crippen LogP contribution in [0.3, 0.4) is 0 Å². The van der Waals surface area contributed by atoms with Crippen LogP contribution in [0.2, 0.25) is 0 Å². The molecule has 0 unspecified atom stereocenters. The molecule has 0 aromatic heterocycles. The molecule has 0 amide bonds. The topological polar surface area (TPSA) is 37.3 Å². The Bertz CT molecular complexity index is 383. The molecule has 0 bridgehead atoms. The van der Waals surface area contributed by atoms with Crippen molar-refractivity contribution in [2.45, 2.75) is 18.2 Å². The number of halogens is 1. The fourth-order valence-corrected chi connectivity index (χ4v) is 3.38. The van der Waals surface area contributed by atoms with Crippen LogP contribution in [0, 0.1) is 0 Å². The molecule has 0 radical (unpaired) electrons. The van der Waals surface area contributed by atoms with E-state index in [0.717, 1.165) is 22.8 Å². The zero-order chi connectivity index (χ0) is 12.7. The lowest BCUT2D eigenvalue weighted by Gasteiger charge is -2.04. The Labute approximate surface area is 119 Å². The molecule has 1 aromatic rings. The van der Waals surface area contributed by atoms with Crippen LogP contribution in [0.15, 0.2) is 27.6 Å². The summed E-state index contributed by atoms with van der Waals surface area (Å²) in [4.78, 5) is 12.0. The first-order valence-corrected chi connectivity index (χ1v) is 8.32. The smallest absolute Gasteiger partial charge is 0.336 e. The maximum absolute atomic E-state index is 10.9. The van der Waals surface area contributed by atoms with Crippen LogP contribution in [-0.2, 0) is 0 Å². The fraction of sp³-hybridized carbons (Fsp3) is 0.417. The monoisotopic (exact) mass is 334 g/mol. The van der Waals surface area contributed by atoms with Crippen LogP contribution in [0.4, 0.5) is 0 Å². The Morgan fingerprint density at radius 1 is 1.41 bits per heavy atom. The van der Waals surface area contributed by atoms with E-state index in [-0.39, 0.29) is 0 Å². The van der Waals surface area contributed by atoms with Crippen molar-refractivity contribution in [1.29, 1.82) is 0 Å². The molecule has 0 atom stereocenters. The third kappa shape index (κ3) is 5.36. The molecule has 1 aromatic carbocycles. The van der Waals surface area contributed by atoms with Gasteiger partial charge in [0, 0.05) is 9.37 Å². The van der Waals surface area contributed by atoms with E-state index in [1.54, 1.807) is 23.9 Å². The molecular formula is C12H15BrO2S2. The highest BCUT2D eigenvalue weighted by molar-refractivity contribution is 9.10. The molecule has 0 fully saturated rings. The van der Waals surface area contributed by atoms with Crippen LogP contribution in [0.25, 0.3) is 0 Å². The molecule has 1 rings (SSSR count). The number of rotatable bonds is 7. The maximum Gasteiger partial charge on any atom is 0.336 e. The largest absolute Gasteiger partial charge is 0.478 e. The summed E-state index contributed by atoms with van der Waals surface area (Å²) in [5.41, 5.74) is 0.331. The van der Waals surface area contributed by atoms with Gasteiger partial charge >= 0.3 is 5.97 Å². The number of hydrogen-bond donors (Lipinski definition) is 1. The Hall–Kier alpha value is -0.130. The van der Waals surface area contributed by atoms with Crippen LogP contribution < -0.4 is 0 Å². The fourth-order valence-electron chi connectivity index (χ4n) is 1.25. The van der Waals surface area contributed by atoms with Crippen LogP contribution in [0.5, 0.6) is 0 Å². The predicted octanol–water partition coefficient (Wildman–Crippen LogP) is 4.38. The number of thioether (sulfide) groups is 2. The molecule has 0 aliphatic carbocycles. The van der Waals surface area contributed by atoms with Gasteiger partial charge in [0.25, 0.3) is 0 Å². The normalized spacial score (nSPS) is 10.5. The van der Waals surface area contributed by atoms with Gasteiger partial charge in [-0.25, -0.2) is 4.79 Å². The van der Waals surface area contributed by atoms with Crippen molar-refractivity contribution in [1.82, 2.24) is 0 Å². The van der Waals surface area contributed by atoms with Gasteiger partial charge in [-0.05, 0) is 57.8 Å². The van der Waals surface area contributed by atoms with Gasteiger partial charge < -0.3 is 5.11 Å². The van der Waals surface area contributed by atoms with Gasteiger partial charge in [-0.15, -0.1) is 11.8 Å². The molecule has 2 nitrogen and oxygen atoms in total. The average molecular weight is 335 g/mol. The maximum atomic E-state index is 10.9. The number of benzene rings is 1. The second kappa shape index (κ2) is 8.06. The first-order chi connectivity index (χ1) is 8.15. The number of aromatic carboxylic acids is 1. The van der Waals surface area contributed by atoms with Crippen LogP contribution in [0.1, 0.15) is 23.7 Å². The Kier molecular flexibility index (Phi) is 7.08. The van der Waals surface area contributed by atoms with Gasteiger partial charge in [-0.2, -0.15) is 11.8 Å². The van der Waals surface area contributed by atoms with E-state index in [2.05, 4.69) is 22.9 Å². The summed E-state index contributed by atoms with van der Waals surface area (Å²) in [5.74, 6) is 2.48. The molecule has 94 valence electrons. The van der Waals surface area contributed by atoms with E-state index in [1.165, 1.54) is 5.75 Å². The van der Waals surface area contributed by atoms with Crippen molar-refractivity contribution in [3.05, 3.63) is 28.2 Å². The molecule has 0 saturated heterocycles. The summed E-state index contributed by atoms with van der Waals surface area (Å²) in [5, 5.41) is 8.99. The number of carboxylic acid groups (broad SMARTS) is 1. The molecule has 17 heavy (non-hydrogen) atoms. The molecule has 5 heteroatoms. The minimum absolute atomic E-state index is 0.331. The Morgan fingerprint density at radius 3 is 2.82 bits per heavy atom. The van der Waals surface area contributed by atoms with E-state index in [1.807, 2.05) is 17.8 Å². The van der Waals surface area contributed by atoms with E-state index in [4.69, 9.17) is 5.11 Å². The first kappa shape index (κ1) is 14.9. The molecular weight excluding hydrogens is 320 g/mol. The van der Waals surface area contributed by atoms with Crippen molar-refractivity contribution >= 4 is 45.4 Å². The van der Waals surface area contributed by atoms with E-state index in [9.17, 15) is 4.79 Å². The summed E-state index contributed by atoms with van der Waals surface area (Å²) in [6, 6.07) is 5.48. The first-order valence-electron chi connectivity index (χ1n) is 5.38. The zero-order valence-corrected chi connectivity index (χ0v) is 12.8. The molecule has 0 saturated carbocycles. The van der Waals surface area contributed by atoms with Gasteiger partial charge in [0.05, 0.1) is 5.56 Å². The number of carbonyl (C=O) groups is 1. The van der Waals surface area contributed by atoms with Crippen molar-refractivity contribution in [3.8, 4) is 0 Å². The number of hydrogen-bond acceptors (Lipinski definition) is 3. The lowest BCUT2D eigenvalue weighted by molar-refractivity contribution is 0.0695. The molecule has 0 aliphatic heterocycles. The standard InChI is InChI=1S/C12H15BrO2S2/c1-2-16-6-3-7-17-9-4-5-11(13)10(8-9)12(14)15/h4-5,8H,2-3,6-7H2,1H3,(H,14,15). The Morgan fingerprint density at radius 2 is 2.18 bits per heavy atom. The van der Waals surface area contributed by atoms with E-state index >= 15 is 0 Å². The number of carboxylic acids is 1. The zero-order valence-electron chi connectivity index (χ0n) is 9.61. The van der Waals surface area contributed by atoms with Gasteiger partial charge in [0.1, 0.15) is 0 Å². The van der Waals surface area contributed by atoms with Crippen molar-refractivity contribution in [2.24, 2.45) is 0 Å². The quantitative estimate of drug-likeness (QED) is 0.593. The third-order valence-corrected chi connectivity index (χ3v) is 4.83. The average Bonchev–Trinajstić information content (AvgIpc) is 2.30. The lowest BCUT2D eigenvalue weighted by atomic mass is 10.2. The van der Waals surface area contributed by atoms with Gasteiger partial charge in [-0.3, -0.25) is 0 Å². The van der Waals surface area contributed by atoms with Crippen molar-refractivity contribution in [3.63, 3.8) is 0 Å². The third-order valence-electron chi connectivity index (χ3n) is 2.07. The molecule has 0 heterocycles. The SMILES string of the molecule is CCSCCCSc1ccc(Br)c(C(=O)O)c1. The second-order valence-corrected chi connectivity index (χ2v) is 6.76. The minimum Gasteiger partial charge on any atom is -0.478 e. The molecule has 1 N–H and O–H groups in total. The highest BCUT2D eigenvalue weighted by atomic mass is 79.9. The molecule has 0 spiro atoms. The van der Waals surface area contributed by atoms with Crippen LogP contribution in [-0.4, -0.2) is 28.3 Å². The summed E-state index contributed by atoms with van der Waals surface area (Å²) in [6.45, 7) is 2.16. The predicted molar refractivity (Wildman–Crippen MR) is 79.4 cm³/mol. The summed E-state index contributed by atoms with van der Waals surface area (Å²) >= 11 is 6.89. The molecule has 0 aliphatic rings. The van der Waals surface area contributed by atoms with Gasteiger partial charge in [-0.1, -0.05) is 6.92 Å². The van der Waals surface area contributed by atoms with E-state index in [0.29, 0.717) is 10.0 Å². The summed E-state index contributed by atoms with van der Waals surface area (Å²) in [6.07, 6.45) is 1.15. The second-order valence-electron chi connectivity index (χ2n) is 3.35. The van der Waals surface area contributed by atoms with Crippen molar-refractivity contribution in [2.75, 3.05) is 17.3 Å². The summed E-state index contributed by atoms with van der Waals surface area (Å²) in [7, 11) is 0. The van der Waals surface area contributed by atoms with E-state index < -0.39 is 5.97 Å². The lowest BCUT2D eigenvalue weighted by Crippen LogP contribution is -1.97. The Balaban J connectivity index is 2.49. The highest BCUT2D eigenvalue weighted by Gasteiger charge is 2.08. The van der Waals surface area contributed by atoms with Crippen LogP contribution >= 0.6 is 39.5 Å². The summed E-state index contributed by atoms with van der Waals surface area (Å²) < 4.78 is 0.635.